The molecule has 1 atom stereocenters. The van der Waals surface area contributed by atoms with Gasteiger partial charge < -0.3 is 5.32 Å². The molecule has 0 amide bonds. The van der Waals surface area contributed by atoms with Crippen LogP contribution in [0.5, 0.6) is 0 Å². The molecule has 11 heteroatoms. The summed E-state index contributed by atoms with van der Waals surface area (Å²) in [6, 6.07) is 11.4. The Hall–Kier alpha value is -3.31. The van der Waals surface area contributed by atoms with Crippen molar-refractivity contribution < 1.29 is 13.3 Å². The fourth-order valence-electron chi connectivity index (χ4n) is 3.77. The topological polar surface area (TPSA) is 123 Å². The van der Waals surface area contributed by atoms with Crippen LogP contribution in [-0.2, 0) is 10.0 Å². The monoisotopic (exact) mass is 456 g/mol. The molecule has 2 aromatic carbocycles. The number of benzene rings is 2. The van der Waals surface area contributed by atoms with Gasteiger partial charge in [-0.25, -0.2) is 18.1 Å². The van der Waals surface area contributed by atoms with Crippen LogP contribution in [0.1, 0.15) is 37.8 Å². The van der Waals surface area contributed by atoms with Crippen LogP contribution in [0.25, 0.3) is 5.69 Å². The van der Waals surface area contributed by atoms with E-state index in [1.807, 2.05) is 31.2 Å². The SMILES string of the molecule is CC(Nc1ccc(S(=O)(=O)N2CCCCC2)cc1[N+](=O)[O-])c1ccc(-n2cncn2)cc1. The summed E-state index contributed by atoms with van der Waals surface area (Å²) < 4.78 is 28.9. The van der Waals surface area contributed by atoms with E-state index in [2.05, 4.69) is 15.4 Å². The lowest BCUT2D eigenvalue weighted by molar-refractivity contribution is -0.384. The Morgan fingerprint density at radius 2 is 1.81 bits per heavy atom. The van der Waals surface area contributed by atoms with Gasteiger partial charge in [0, 0.05) is 25.2 Å². The first-order chi connectivity index (χ1) is 15.4. The van der Waals surface area contributed by atoms with Gasteiger partial charge in [0.2, 0.25) is 10.0 Å². The van der Waals surface area contributed by atoms with Gasteiger partial charge >= 0.3 is 0 Å². The molecule has 1 aliphatic heterocycles. The zero-order valence-corrected chi connectivity index (χ0v) is 18.4. The van der Waals surface area contributed by atoms with Crippen molar-refractivity contribution in [2.75, 3.05) is 18.4 Å². The van der Waals surface area contributed by atoms with Crippen LogP contribution in [0.15, 0.2) is 60.0 Å². The molecule has 168 valence electrons. The lowest BCUT2D eigenvalue weighted by Gasteiger charge is -2.26. The van der Waals surface area contributed by atoms with Gasteiger partial charge in [-0.1, -0.05) is 18.6 Å². The number of nitrogens with one attached hydrogen (secondary N) is 1. The van der Waals surface area contributed by atoms with Crippen LogP contribution >= 0.6 is 0 Å². The zero-order valence-electron chi connectivity index (χ0n) is 17.6. The van der Waals surface area contributed by atoms with Crippen molar-refractivity contribution >= 4 is 21.4 Å². The lowest BCUT2D eigenvalue weighted by Crippen LogP contribution is -2.35. The van der Waals surface area contributed by atoms with Crippen LogP contribution in [0.3, 0.4) is 0 Å². The number of nitro benzene ring substituents is 1. The van der Waals surface area contributed by atoms with Crippen LogP contribution < -0.4 is 5.32 Å². The highest BCUT2D eigenvalue weighted by Gasteiger charge is 2.28. The van der Waals surface area contributed by atoms with Crippen molar-refractivity contribution in [1.29, 1.82) is 0 Å². The molecule has 0 saturated carbocycles. The first kappa shape index (κ1) is 21.9. The van der Waals surface area contributed by atoms with Crippen LogP contribution in [0, 0.1) is 10.1 Å². The van der Waals surface area contributed by atoms with Gasteiger partial charge in [0.15, 0.2) is 0 Å². The van der Waals surface area contributed by atoms with Gasteiger partial charge in [-0.05, 0) is 49.6 Å². The number of hydrogen-bond donors (Lipinski definition) is 1. The van der Waals surface area contributed by atoms with E-state index in [1.165, 1.54) is 22.8 Å². The van der Waals surface area contributed by atoms with Crippen LogP contribution in [-0.4, -0.2) is 45.5 Å². The second-order valence-corrected chi connectivity index (χ2v) is 9.64. The zero-order chi connectivity index (χ0) is 22.7. The molecular weight excluding hydrogens is 432 g/mol. The summed E-state index contributed by atoms with van der Waals surface area (Å²) in [7, 11) is -3.75. The van der Waals surface area contributed by atoms with E-state index < -0.39 is 14.9 Å². The van der Waals surface area contributed by atoms with E-state index in [0.29, 0.717) is 13.1 Å². The molecule has 1 fully saturated rings. The molecule has 10 nitrogen and oxygen atoms in total. The molecule has 1 N–H and O–H groups in total. The van der Waals surface area contributed by atoms with Gasteiger partial charge in [0.05, 0.1) is 15.5 Å². The molecule has 0 aliphatic carbocycles. The van der Waals surface area contributed by atoms with Crippen molar-refractivity contribution in [3.8, 4) is 5.69 Å². The van der Waals surface area contributed by atoms with Crippen LogP contribution in [0.2, 0.25) is 0 Å². The second-order valence-electron chi connectivity index (χ2n) is 7.70. The van der Waals surface area contributed by atoms with Crippen molar-refractivity contribution in [2.24, 2.45) is 0 Å². The highest BCUT2D eigenvalue weighted by molar-refractivity contribution is 7.89. The van der Waals surface area contributed by atoms with Crippen molar-refractivity contribution in [1.82, 2.24) is 19.1 Å². The van der Waals surface area contributed by atoms with Gasteiger partial charge in [-0.2, -0.15) is 9.40 Å². The molecule has 2 heterocycles. The lowest BCUT2D eigenvalue weighted by atomic mass is 10.1. The normalized spacial score (nSPS) is 15.9. The van der Waals surface area contributed by atoms with Crippen molar-refractivity contribution in [3.05, 3.63) is 70.8 Å². The number of nitrogens with zero attached hydrogens (tertiary/aromatic N) is 5. The minimum Gasteiger partial charge on any atom is -0.373 e. The second kappa shape index (κ2) is 9.05. The summed E-state index contributed by atoms with van der Waals surface area (Å²) in [5.74, 6) is 0. The maximum atomic E-state index is 12.9. The molecule has 1 saturated heterocycles. The van der Waals surface area contributed by atoms with E-state index in [9.17, 15) is 18.5 Å². The highest BCUT2D eigenvalue weighted by atomic mass is 32.2. The number of nitro groups is 1. The Balaban J connectivity index is 1.56. The predicted octanol–water partition coefficient (Wildman–Crippen LogP) is 3.52. The molecule has 1 aromatic heterocycles. The van der Waals surface area contributed by atoms with Gasteiger partial charge in [0.25, 0.3) is 5.69 Å². The predicted molar refractivity (Wildman–Crippen MR) is 119 cm³/mol. The largest absolute Gasteiger partial charge is 0.373 e. The third kappa shape index (κ3) is 4.48. The fourth-order valence-corrected chi connectivity index (χ4v) is 5.31. The summed E-state index contributed by atoms with van der Waals surface area (Å²) in [6.45, 7) is 2.77. The molecule has 3 aromatic rings. The molecule has 0 spiro atoms. The fraction of sp³-hybridized carbons (Fsp3) is 0.333. The van der Waals surface area contributed by atoms with Gasteiger partial charge in [0.1, 0.15) is 18.3 Å². The minimum atomic E-state index is -3.75. The summed E-state index contributed by atoms with van der Waals surface area (Å²) in [6.07, 6.45) is 5.64. The van der Waals surface area contributed by atoms with E-state index >= 15 is 0 Å². The van der Waals surface area contributed by atoms with E-state index in [1.54, 1.807) is 11.0 Å². The molecule has 0 radical (unpaired) electrons. The average Bonchev–Trinajstić information content (AvgIpc) is 3.35. The number of anilines is 1. The van der Waals surface area contributed by atoms with Crippen molar-refractivity contribution in [2.45, 2.75) is 37.1 Å². The van der Waals surface area contributed by atoms with E-state index in [-0.39, 0.29) is 22.3 Å². The Morgan fingerprint density at radius 1 is 1.09 bits per heavy atom. The molecular formula is C21H24N6O4S. The molecule has 32 heavy (non-hydrogen) atoms. The number of sulfonamides is 1. The average molecular weight is 457 g/mol. The third-order valence-corrected chi connectivity index (χ3v) is 7.46. The van der Waals surface area contributed by atoms with Crippen LogP contribution in [0.4, 0.5) is 11.4 Å². The molecule has 1 aliphatic rings. The number of aromatic nitrogens is 3. The highest BCUT2D eigenvalue weighted by Crippen LogP contribution is 2.32. The summed E-state index contributed by atoms with van der Waals surface area (Å²) in [5, 5.41) is 18.9. The minimum absolute atomic E-state index is 0.0542. The van der Waals surface area contributed by atoms with Crippen molar-refractivity contribution in [3.63, 3.8) is 0 Å². The maximum absolute atomic E-state index is 12.9. The Morgan fingerprint density at radius 3 is 2.44 bits per heavy atom. The summed E-state index contributed by atoms with van der Waals surface area (Å²) in [4.78, 5) is 15.0. The first-order valence-electron chi connectivity index (χ1n) is 10.4. The molecule has 0 bridgehead atoms. The van der Waals surface area contributed by atoms with Gasteiger partial charge in [-0.15, -0.1) is 0 Å². The molecule has 4 rings (SSSR count). The number of hydrogen-bond acceptors (Lipinski definition) is 7. The maximum Gasteiger partial charge on any atom is 0.293 e. The molecule has 1 unspecified atom stereocenters. The van der Waals surface area contributed by atoms with E-state index in [0.717, 1.165) is 36.6 Å². The number of piperidine rings is 1. The smallest absolute Gasteiger partial charge is 0.293 e. The Kier molecular flexibility index (Phi) is 6.19. The first-order valence-corrected chi connectivity index (χ1v) is 11.8. The van der Waals surface area contributed by atoms with E-state index in [4.69, 9.17) is 0 Å². The van der Waals surface area contributed by atoms with Gasteiger partial charge in [-0.3, -0.25) is 10.1 Å². The number of rotatable bonds is 7. The Labute approximate surface area is 186 Å². The third-order valence-electron chi connectivity index (χ3n) is 5.57. The standard InChI is InChI=1S/C21H24N6O4S/c1-16(17-5-7-18(8-6-17)26-15-22-14-23-26)24-20-10-9-19(13-21(20)27(28)29)32(30,31)25-11-3-2-4-12-25/h5-10,13-16,24H,2-4,11-12H2,1H3. The summed E-state index contributed by atoms with van der Waals surface area (Å²) in [5.41, 5.74) is 1.75. The Bertz CT molecular complexity index is 1190. The quantitative estimate of drug-likeness (QED) is 0.426. The summed E-state index contributed by atoms with van der Waals surface area (Å²) >= 11 is 0.